The lowest BCUT2D eigenvalue weighted by Crippen LogP contribution is -2.15. The molecule has 0 aromatic heterocycles. The predicted molar refractivity (Wildman–Crippen MR) is 115 cm³/mol. The van der Waals surface area contributed by atoms with Gasteiger partial charge in [0.05, 0.1) is 6.61 Å². The maximum absolute atomic E-state index is 10.4. The summed E-state index contributed by atoms with van der Waals surface area (Å²) in [4.78, 5) is 9.89. The highest BCUT2D eigenvalue weighted by atomic mass is 32.2. The second kappa shape index (κ2) is 14.0. The van der Waals surface area contributed by atoms with Crippen LogP contribution in [-0.2, 0) is 22.1 Å². The first kappa shape index (κ1) is 22.2. The van der Waals surface area contributed by atoms with E-state index in [1.165, 1.54) is 47.5 Å². The van der Waals surface area contributed by atoms with E-state index in [2.05, 4.69) is 64.4 Å². The Kier molecular flexibility index (Phi) is 11.5. The zero-order valence-corrected chi connectivity index (χ0v) is 17.5. The van der Waals surface area contributed by atoms with E-state index in [1.807, 2.05) is 11.8 Å². The molecule has 0 radical (unpaired) electrons. The molecule has 4 nitrogen and oxygen atoms in total. The molecule has 0 heterocycles. The first-order valence-corrected chi connectivity index (χ1v) is 11.8. The molecule has 0 amide bonds. The summed E-state index contributed by atoms with van der Waals surface area (Å²) >= 11 is 1.93. The number of hydrogen-bond donors (Lipinski definition) is 2. The van der Waals surface area contributed by atoms with Crippen molar-refractivity contribution in [1.29, 1.82) is 0 Å². The summed E-state index contributed by atoms with van der Waals surface area (Å²) < 4.78 is 15.1. The summed E-state index contributed by atoms with van der Waals surface area (Å²) in [6.45, 7) is 1.90. The number of aryl methyl sites for hydroxylation is 1. The van der Waals surface area contributed by atoms with Crippen molar-refractivity contribution in [2.45, 2.75) is 43.5 Å². The van der Waals surface area contributed by atoms with Gasteiger partial charge in [-0.3, -0.25) is 4.57 Å². The van der Waals surface area contributed by atoms with E-state index in [0.29, 0.717) is 6.61 Å². The van der Waals surface area contributed by atoms with E-state index >= 15 is 0 Å². The van der Waals surface area contributed by atoms with Gasteiger partial charge in [0.25, 0.3) is 0 Å². The fraction of sp³-hybridized carbons (Fsp3) is 0.429. The van der Waals surface area contributed by atoms with Crippen molar-refractivity contribution < 1.29 is 14.0 Å². The zero-order chi connectivity index (χ0) is 19.2. The van der Waals surface area contributed by atoms with Crippen molar-refractivity contribution in [1.82, 2.24) is 5.32 Å². The molecule has 0 fully saturated rings. The Hall–Kier alpha value is -1.10. The summed E-state index contributed by atoms with van der Waals surface area (Å²) in [6.07, 6.45) is 5.70. The Labute approximate surface area is 167 Å². The van der Waals surface area contributed by atoms with Crippen LogP contribution in [0.25, 0.3) is 0 Å². The molecule has 0 bridgehead atoms. The average molecular weight is 408 g/mol. The number of nitrogens with one attached hydrogen (secondary N) is 1. The molecule has 2 N–H and O–H groups in total. The summed E-state index contributed by atoms with van der Waals surface area (Å²) in [6, 6.07) is 19.4. The van der Waals surface area contributed by atoms with Gasteiger partial charge in [0, 0.05) is 11.4 Å². The molecule has 1 atom stereocenters. The molecule has 0 saturated carbocycles. The van der Waals surface area contributed by atoms with Gasteiger partial charge < -0.3 is 14.7 Å². The molecule has 0 spiro atoms. The van der Waals surface area contributed by atoms with Gasteiger partial charge in [-0.1, -0.05) is 48.9 Å². The Morgan fingerprint density at radius 2 is 1.70 bits per heavy atom. The molecule has 2 aromatic carbocycles. The Morgan fingerprint density at radius 3 is 2.44 bits per heavy atom. The summed E-state index contributed by atoms with van der Waals surface area (Å²) in [7, 11) is -2.78. The van der Waals surface area contributed by atoms with Crippen LogP contribution in [0.1, 0.15) is 36.8 Å². The third-order valence-electron chi connectivity index (χ3n) is 4.20. The molecule has 2 rings (SSSR count). The number of rotatable bonds is 14. The van der Waals surface area contributed by atoms with Gasteiger partial charge in [-0.05, 0) is 61.2 Å². The quantitative estimate of drug-likeness (QED) is 0.260. The van der Waals surface area contributed by atoms with Gasteiger partial charge >= 0.3 is 8.25 Å². The third kappa shape index (κ3) is 10.7. The second-order valence-electron chi connectivity index (χ2n) is 6.43. The summed E-state index contributed by atoms with van der Waals surface area (Å²) in [5, 5.41) is 3.32. The predicted octanol–water partition coefficient (Wildman–Crippen LogP) is 5.07. The van der Waals surface area contributed by atoms with E-state index in [9.17, 15) is 4.57 Å². The molecule has 6 heteroatoms. The molecule has 0 saturated heterocycles. The van der Waals surface area contributed by atoms with Crippen molar-refractivity contribution >= 4 is 20.0 Å². The molecular formula is C21H30NO3PS. The summed E-state index contributed by atoms with van der Waals surface area (Å²) in [5.74, 6) is 1.17. The molecule has 0 aliphatic carbocycles. The lowest BCUT2D eigenvalue weighted by Gasteiger charge is -2.07. The number of benzene rings is 2. The lowest BCUT2D eigenvalue weighted by molar-refractivity contribution is 0.276. The van der Waals surface area contributed by atoms with Gasteiger partial charge in [0.2, 0.25) is 0 Å². The Morgan fingerprint density at radius 1 is 0.926 bits per heavy atom. The highest BCUT2D eigenvalue weighted by molar-refractivity contribution is 7.99. The largest absolute Gasteiger partial charge is 0.326 e. The highest BCUT2D eigenvalue weighted by Crippen LogP contribution is 2.20. The van der Waals surface area contributed by atoms with Gasteiger partial charge in [0.1, 0.15) is 0 Å². The van der Waals surface area contributed by atoms with Crippen LogP contribution in [0.4, 0.5) is 0 Å². The van der Waals surface area contributed by atoms with Crippen LogP contribution in [-0.4, -0.2) is 23.8 Å². The number of hydrogen-bond acceptors (Lipinski definition) is 4. The van der Waals surface area contributed by atoms with Crippen LogP contribution in [0.3, 0.4) is 0 Å². The van der Waals surface area contributed by atoms with Gasteiger partial charge in [-0.2, -0.15) is 0 Å². The van der Waals surface area contributed by atoms with Crippen LogP contribution in [0.15, 0.2) is 59.5 Å². The van der Waals surface area contributed by atoms with E-state index in [0.717, 1.165) is 19.5 Å². The molecule has 2 aromatic rings. The van der Waals surface area contributed by atoms with Crippen molar-refractivity contribution in [3.05, 3.63) is 65.7 Å². The lowest BCUT2D eigenvalue weighted by atomic mass is 10.1. The molecule has 0 aliphatic rings. The zero-order valence-electron chi connectivity index (χ0n) is 15.7. The van der Waals surface area contributed by atoms with Crippen LogP contribution in [0.5, 0.6) is 0 Å². The van der Waals surface area contributed by atoms with E-state index in [1.54, 1.807) is 0 Å². The summed E-state index contributed by atoms with van der Waals surface area (Å²) in [5.41, 5.74) is 2.69. The fourth-order valence-electron chi connectivity index (χ4n) is 2.74. The number of thioether (sulfide) groups is 1. The normalized spacial score (nSPS) is 12.2. The molecular weight excluding hydrogens is 377 g/mol. The molecule has 1 unspecified atom stereocenters. The monoisotopic (exact) mass is 407 g/mol. The van der Waals surface area contributed by atoms with Crippen molar-refractivity contribution in [2.24, 2.45) is 0 Å². The van der Waals surface area contributed by atoms with E-state index in [-0.39, 0.29) is 0 Å². The van der Waals surface area contributed by atoms with Crippen molar-refractivity contribution in [3.63, 3.8) is 0 Å². The number of unbranched alkanes of at least 4 members (excludes halogenated alkanes) is 2. The molecule has 148 valence electrons. The van der Waals surface area contributed by atoms with Crippen LogP contribution in [0.2, 0.25) is 0 Å². The maximum Gasteiger partial charge on any atom is 0.316 e. The van der Waals surface area contributed by atoms with E-state index < -0.39 is 8.25 Å². The van der Waals surface area contributed by atoms with Crippen LogP contribution < -0.4 is 5.32 Å². The highest BCUT2D eigenvalue weighted by Gasteiger charge is 1.98. The first-order valence-electron chi connectivity index (χ1n) is 9.56. The molecule has 27 heavy (non-hydrogen) atoms. The van der Waals surface area contributed by atoms with Crippen LogP contribution >= 0.6 is 20.0 Å². The van der Waals surface area contributed by atoms with Crippen molar-refractivity contribution in [3.8, 4) is 0 Å². The SMILES string of the molecule is O=[PH](O)OCCCNCc1ccc(SCCCCCc2ccccc2)cc1. The van der Waals surface area contributed by atoms with Crippen molar-refractivity contribution in [2.75, 3.05) is 18.9 Å². The van der Waals surface area contributed by atoms with Gasteiger partial charge in [-0.15, -0.1) is 11.8 Å². The minimum atomic E-state index is -2.78. The smallest absolute Gasteiger partial charge is 0.316 e. The first-order chi connectivity index (χ1) is 13.2. The molecule has 0 aliphatic heterocycles. The second-order valence-corrected chi connectivity index (χ2v) is 8.42. The average Bonchev–Trinajstić information content (AvgIpc) is 2.69. The fourth-order valence-corrected chi connectivity index (χ4v) is 3.97. The minimum Gasteiger partial charge on any atom is -0.326 e. The van der Waals surface area contributed by atoms with Crippen LogP contribution in [0, 0.1) is 0 Å². The maximum atomic E-state index is 10.4. The third-order valence-corrected chi connectivity index (χ3v) is 5.75. The Bertz CT molecular complexity index is 652. The standard InChI is InChI=1S/C21H30NO3PS/c23-26(24)25-16-7-15-22-18-20-11-13-21(14-12-20)27-17-6-2-5-10-19-8-3-1-4-9-19/h1,3-4,8-9,11-14,22,26H,2,5-7,10,15-18H2,(H,23,24). The minimum absolute atomic E-state index is 0.322. The Balaban J connectivity index is 1.50. The van der Waals surface area contributed by atoms with Gasteiger partial charge in [-0.25, -0.2) is 0 Å². The van der Waals surface area contributed by atoms with E-state index in [4.69, 9.17) is 4.89 Å². The topological polar surface area (TPSA) is 58.6 Å². The van der Waals surface area contributed by atoms with Gasteiger partial charge in [0.15, 0.2) is 0 Å².